The van der Waals surface area contributed by atoms with E-state index in [0.29, 0.717) is 49.9 Å². The number of carboxylic acid groups (broad SMARTS) is 1. The molecule has 2 aromatic rings. The van der Waals surface area contributed by atoms with Gasteiger partial charge >= 0.3 is 5.97 Å². The molecule has 2 saturated heterocycles. The Morgan fingerprint density at radius 1 is 1.25 bits per heavy atom. The molecule has 0 unspecified atom stereocenters. The number of likely N-dealkylation sites (tertiary alicyclic amines) is 1. The minimum absolute atomic E-state index is 0.0119. The fraction of sp³-hybridized carbons (Fsp3) is 0.650. The molecule has 0 bridgehead atoms. The summed E-state index contributed by atoms with van der Waals surface area (Å²) >= 11 is 0. The minimum atomic E-state index is -1.12. The average Bonchev–Trinajstić information content (AvgIpc) is 3.11. The molecule has 2 aromatic heterocycles. The van der Waals surface area contributed by atoms with Crippen molar-refractivity contribution in [3.63, 3.8) is 0 Å². The van der Waals surface area contributed by atoms with Crippen LogP contribution in [-0.4, -0.2) is 77.4 Å². The fourth-order valence-corrected chi connectivity index (χ4v) is 4.85. The molecule has 174 valence electrons. The van der Waals surface area contributed by atoms with Crippen LogP contribution in [0.5, 0.6) is 0 Å². The third-order valence-electron chi connectivity index (χ3n) is 6.56. The number of hydrogen-bond acceptors (Lipinski definition) is 9. The van der Waals surface area contributed by atoms with Gasteiger partial charge in [-0.05, 0) is 26.2 Å². The van der Waals surface area contributed by atoms with Crippen LogP contribution in [0.3, 0.4) is 0 Å². The molecule has 4 heterocycles. The SMILES string of the molecule is C[C@]1(O)CC2(CCN(C(=O)CCCC(=O)O)CC2)OC[C@@H]1n1cnc2c(N)nc(N)nc21. The third kappa shape index (κ3) is 4.19. The van der Waals surface area contributed by atoms with Crippen molar-refractivity contribution >= 4 is 34.8 Å². The smallest absolute Gasteiger partial charge is 0.303 e. The van der Waals surface area contributed by atoms with Gasteiger partial charge in [-0.15, -0.1) is 0 Å². The van der Waals surface area contributed by atoms with Crippen LogP contribution in [-0.2, 0) is 14.3 Å². The molecule has 0 aliphatic carbocycles. The maximum atomic E-state index is 12.4. The van der Waals surface area contributed by atoms with Gasteiger partial charge in [-0.3, -0.25) is 9.59 Å². The first-order chi connectivity index (χ1) is 15.1. The monoisotopic (exact) mass is 447 g/mol. The number of nitrogens with zero attached hydrogens (tertiary/aromatic N) is 5. The molecular weight excluding hydrogens is 418 g/mol. The van der Waals surface area contributed by atoms with Crippen LogP contribution in [0.4, 0.5) is 11.8 Å². The highest BCUT2D eigenvalue weighted by atomic mass is 16.5. The Bertz CT molecular complexity index is 1030. The summed E-state index contributed by atoms with van der Waals surface area (Å²) in [5.74, 6) is -0.726. The van der Waals surface area contributed by atoms with Gasteiger partial charge in [0.15, 0.2) is 11.5 Å². The number of carbonyl (C=O) groups excluding carboxylic acids is 1. The molecule has 0 radical (unpaired) electrons. The Kier molecular flexibility index (Phi) is 5.67. The van der Waals surface area contributed by atoms with Crippen molar-refractivity contribution < 1.29 is 24.5 Å². The zero-order valence-corrected chi connectivity index (χ0v) is 18.0. The first-order valence-electron chi connectivity index (χ1n) is 10.7. The number of imidazole rings is 1. The number of amides is 1. The van der Waals surface area contributed by atoms with Crippen molar-refractivity contribution in [2.45, 2.75) is 62.7 Å². The summed E-state index contributed by atoms with van der Waals surface area (Å²) in [6.07, 6.45) is 3.71. The summed E-state index contributed by atoms with van der Waals surface area (Å²) in [5.41, 5.74) is 10.9. The molecule has 32 heavy (non-hydrogen) atoms. The fourth-order valence-electron chi connectivity index (χ4n) is 4.85. The zero-order valence-electron chi connectivity index (χ0n) is 18.0. The predicted octanol–water partition coefficient (Wildman–Crippen LogP) is 0.319. The second-order valence-corrected chi connectivity index (χ2v) is 8.96. The minimum Gasteiger partial charge on any atom is -0.481 e. The molecule has 2 aliphatic heterocycles. The Morgan fingerprint density at radius 2 is 1.97 bits per heavy atom. The van der Waals surface area contributed by atoms with Gasteiger partial charge in [0.05, 0.1) is 30.2 Å². The second-order valence-electron chi connectivity index (χ2n) is 8.96. The van der Waals surface area contributed by atoms with E-state index in [1.54, 1.807) is 22.7 Å². The number of ether oxygens (including phenoxy) is 1. The lowest BCUT2D eigenvalue weighted by molar-refractivity contribution is -0.197. The number of aliphatic hydroxyl groups is 1. The lowest BCUT2D eigenvalue weighted by Crippen LogP contribution is -2.57. The van der Waals surface area contributed by atoms with E-state index in [4.69, 9.17) is 21.3 Å². The number of anilines is 2. The summed E-state index contributed by atoms with van der Waals surface area (Å²) < 4.78 is 8.03. The lowest BCUT2D eigenvalue weighted by atomic mass is 9.75. The largest absolute Gasteiger partial charge is 0.481 e. The molecule has 12 heteroatoms. The van der Waals surface area contributed by atoms with Gasteiger partial charge in [0.2, 0.25) is 11.9 Å². The highest BCUT2D eigenvalue weighted by Gasteiger charge is 2.50. The van der Waals surface area contributed by atoms with E-state index in [1.165, 1.54) is 0 Å². The Labute approximate surface area is 184 Å². The van der Waals surface area contributed by atoms with Gasteiger partial charge in [0.25, 0.3) is 0 Å². The van der Waals surface area contributed by atoms with Crippen LogP contribution >= 0.6 is 0 Å². The number of carbonyl (C=O) groups is 2. The summed E-state index contributed by atoms with van der Waals surface area (Å²) in [6.45, 7) is 3.04. The summed E-state index contributed by atoms with van der Waals surface area (Å²) in [6, 6.07) is -0.442. The summed E-state index contributed by atoms with van der Waals surface area (Å²) in [5, 5.41) is 20.1. The molecule has 2 aliphatic rings. The van der Waals surface area contributed by atoms with Crippen molar-refractivity contribution in [3.05, 3.63) is 6.33 Å². The molecule has 2 fully saturated rings. The van der Waals surface area contributed by atoms with E-state index < -0.39 is 23.2 Å². The number of carboxylic acids is 1. The molecule has 0 saturated carbocycles. The first-order valence-corrected chi connectivity index (χ1v) is 10.7. The van der Waals surface area contributed by atoms with E-state index in [1.807, 2.05) is 0 Å². The van der Waals surface area contributed by atoms with Gasteiger partial charge in [-0.25, -0.2) is 4.98 Å². The molecule has 12 nitrogen and oxygen atoms in total. The van der Waals surface area contributed by atoms with Crippen molar-refractivity contribution in [2.75, 3.05) is 31.2 Å². The second kappa shape index (κ2) is 8.17. The van der Waals surface area contributed by atoms with E-state index in [0.717, 1.165) is 0 Å². The standard InChI is InChI=1S/C20H29N7O5/c1-19(31)10-20(5-7-26(8-6-20)13(28)3-2-4-14(29)30)32-9-12(19)27-11-23-15-16(21)24-18(22)25-17(15)27/h11-12,31H,2-10H2,1H3,(H,29,30)(H4,21,22,24,25)/t12-,19-/m0/s1. The Hall–Kier alpha value is -2.99. The number of piperidine rings is 1. The Morgan fingerprint density at radius 3 is 2.62 bits per heavy atom. The van der Waals surface area contributed by atoms with Gasteiger partial charge in [0.1, 0.15) is 5.52 Å². The average molecular weight is 447 g/mol. The van der Waals surface area contributed by atoms with Crippen molar-refractivity contribution in [1.82, 2.24) is 24.4 Å². The van der Waals surface area contributed by atoms with Crippen LogP contribution in [0, 0.1) is 0 Å². The van der Waals surface area contributed by atoms with Crippen LogP contribution in [0.25, 0.3) is 11.2 Å². The van der Waals surface area contributed by atoms with Crippen LogP contribution < -0.4 is 11.5 Å². The van der Waals surface area contributed by atoms with E-state index in [9.17, 15) is 14.7 Å². The van der Waals surface area contributed by atoms with Crippen LogP contribution in [0.1, 0.15) is 51.5 Å². The maximum Gasteiger partial charge on any atom is 0.303 e. The first kappa shape index (κ1) is 22.2. The Balaban J connectivity index is 1.43. The number of hydrogen-bond donors (Lipinski definition) is 4. The number of nitrogens with two attached hydrogens (primary N) is 2. The zero-order chi connectivity index (χ0) is 23.1. The van der Waals surface area contributed by atoms with E-state index >= 15 is 0 Å². The molecule has 4 rings (SSSR count). The van der Waals surface area contributed by atoms with Crippen molar-refractivity contribution in [1.29, 1.82) is 0 Å². The van der Waals surface area contributed by atoms with Gasteiger partial charge in [-0.1, -0.05) is 0 Å². The molecule has 6 N–H and O–H groups in total. The number of fused-ring (bicyclic) bond motifs is 1. The molecule has 1 amide bonds. The highest BCUT2D eigenvalue weighted by molar-refractivity contribution is 5.82. The number of rotatable bonds is 5. The van der Waals surface area contributed by atoms with Gasteiger partial charge < -0.3 is 35.9 Å². The van der Waals surface area contributed by atoms with Gasteiger partial charge in [-0.2, -0.15) is 9.97 Å². The summed E-state index contributed by atoms with van der Waals surface area (Å²) in [4.78, 5) is 37.2. The van der Waals surface area contributed by atoms with Crippen molar-refractivity contribution in [2.24, 2.45) is 0 Å². The molecular formula is C20H29N7O5. The normalized spacial score (nSPS) is 25.3. The van der Waals surface area contributed by atoms with Crippen molar-refractivity contribution in [3.8, 4) is 0 Å². The number of aromatic nitrogens is 4. The van der Waals surface area contributed by atoms with Crippen LogP contribution in [0.2, 0.25) is 0 Å². The topological polar surface area (TPSA) is 183 Å². The maximum absolute atomic E-state index is 12.4. The van der Waals surface area contributed by atoms with E-state index in [2.05, 4.69) is 15.0 Å². The van der Waals surface area contributed by atoms with E-state index in [-0.39, 0.29) is 37.1 Å². The quantitative estimate of drug-likeness (QED) is 0.498. The summed E-state index contributed by atoms with van der Waals surface area (Å²) in [7, 11) is 0. The number of nitrogen functional groups attached to an aromatic ring is 2. The number of aliphatic carboxylic acids is 1. The molecule has 0 aromatic carbocycles. The lowest BCUT2D eigenvalue weighted by Gasteiger charge is -2.51. The van der Waals surface area contributed by atoms with Gasteiger partial charge in [0, 0.05) is 32.4 Å². The molecule has 2 atom stereocenters. The highest BCUT2D eigenvalue weighted by Crippen LogP contribution is 2.44. The molecule has 1 spiro atoms. The predicted molar refractivity (Wildman–Crippen MR) is 114 cm³/mol. The third-order valence-corrected chi connectivity index (χ3v) is 6.56. The van der Waals surface area contributed by atoms with Crippen LogP contribution in [0.15, 0.2) is 6.33 Å².